The van der Waals surface area contributed by atoms with Gasteiger partial charge in [0.05, 0.1) is 17.2 Å². The minimum absolute atomic E-state index is 0.0179. The lowest BCUT2D eigenvalue weighted by Gasteiger charge is -2.22. The van der Waals surface area contributed by atoms with Crippen molar-refractivity contribution in [2.24, 2.45) is 5.92 Å². The number of piperidine rings is 1. The van der Waals surface area contributed by atoms with Gasteiger partial charge in [0.2, 0.25) is 5.91 Å². The summed E-state index contributed by atoms with van der Waals surface area (Å²) in [4.78, 5) is 28.6. The Morgan fingerprint density at radius 3 is 3.09 bits per heavy atom. The van der Waals surface area contributed by atoms with Crippen molar-refractivity contribution >= 4 is 16.8 Å². The first-order valence-electron chi connectivity index (χ1n) is 8.15. The van der Waals surface area contributed by atoms with Gasteiger partial charge in [-0.25, -0.2) is 4.98 Å². The standard InChI is InChI=1S/C17H22N4O2/c22-16(19-11-13-4-3-8-18-10-13)7-9-21-12-20-15-6-2-1-5-14(15)17(21)23/h1-2,5-6,12-13,18H,3-4,7-11H2,(H,19,22). The third kappa shape index (κ3) is 3.96. The molecule has 3 rings (SSSR count). The van der Waals surface area contributed by atoms with Gasteiger partial charge in [0.1, 0.15) is 0 Å². The topological polar surface area (TPSA) is 76.0 Å². The van der Waals surface area contributed by atoms with Crippen LogP contribution in [0.5, 0.6) is 0 Å². The summed E-state index contributed by atoms with van der Waals surface area (Å²) < 4.78 is 1.50. The minimum atomic E-state index is -0.0973. The quantitative estimate of drug-likeness (QED) is 0.860. The molecule has 1 aliphatic rings. The number of rotatable bonds is 5. The second kappa shape index (κ2) is 7.37. The molecule has 1 atom stereocenters. The third-order valence-corrected chi connectivity index (χ3v) is 4.30. The lowest BCUT2D eigenvalue weighted by molar-refractivity contribution is -0.121. The van der Waals surface area contributed by atoms with Crippen LogP contribution in [-0.2, 0) is 11.3 Å². The molecule has 0 spiro atoms. The van der Waals surface area contributed by atoms with E-state index in [0.717, 1.165) is 19.5 Å². The van der Waals surface area contributed by atoms with Crippen LogP contribution in [0.4, 0.5) is 0 Å². The van der Waals surface area contributed by atoms with Crippen molar-refractivity contribution < 1.29 is 4.79 Å². The fourth-order valence-corrected chi connectivity index (χ4v) is 2.93. The van der Waals surface area contributed by atoms with Gasteiger partial charge < -0.3 is 10.6 Å². The molecule has 1 aromatic carbocycles. The number of benzene rings is 1. The number of amides is 1. The van der Waals surface area contributed by atoms with E-state index in [2.05, 4.69) is 15.6 Å². The van der Waals surface area contributed by atoms with E-state index in [1.165, 1.54) is 17.3 Å². The number of carbonyl (C=O) groups is 1. The van der Waals surface area contributed by atoms with Gasteiger partial charge in [-0.05, 0) is 44.0 Å². The van der Waals surface area contributed by atoms with Gasteiger partial charge in [-0.15, -0.1) is 0 Å². The molecule has 0 aliphatic carbocycles. The number of nitrogens with zero attached hydrogens (tertiary/aromatic N) is 2. The Labute approximate surface area is 134 Å². The largest absolute Gasteiger partial charge is 0.356 e. The van der Waals surface area contributed by atoms with Crippen LogP contribution in [0.2, 0.25) is 0 Å². The number of nitrogens with one attached hydrogen (secondary N) is 2. The van der Waals surface area contributed by atoms with Crippen molar-refractivity contribution in [2.45, 2.75) is 25.8 Å². The van der Waals surface area contributed by atoms with Gasteiger partial charge in [0.25, 0.3) is 5.56 Å². The predicted molar refractivity (Wildman–Crippen MR) is 89.2 cm³/mol. The van der Waals surface area contributed by atoms with Crippen LogP contribution in [-0.4, -0.2) is 35.1 Å². The molecule has 0 saturated carbocycles. The number of para-hydroxylation sites is 1. The minimum Gasteiger partial charge on any atom is -0.356 e. The molecule has 1 fully saturated rings. The average molecular weight is 314 g/mol. The molecule has 1 unspecified atom stereocenters. The first kappa shape index (κ1) is 15.7. The maximum absolute atomic E-state index is 12.3. The molecule has 6 nitrogen and oxygen atoms in total. The highest BCUT2D eigenvalue weighted by atomic mass is 16.1. The maximum atomic E-state index is 12.3. The molecule has 1 aromatic heterocycles. The van der Waals surface area contributed by atoms with E-state index < -0.39 is 0 Å². The van der Waals surface area contributed by atoms with Crippen LogP contribution >= 0.6 is 0 Å². The predicted octanol–water partition coefficient (Wildman–Crippen LogP) is 0.902. The molecule has 2 heterocycles. The molecule has 6 heteroatoms. The third-order valence-electron chi connectivity index (χ3n) is 4.30. The Hall–Kier alpha value is -2.21. The molecule has 2 aromatic rings. The maximum Gasteiger partial charge on any atom is 0.261 e. The lowest BCUT2D eigenvalue weighted by Crippen LogP contribution is -2.38. The normalized spacial score (nSPS) is 18.0. The highest BCUT2D eigenvalue weighted by Crippen LogP contribution is 2.08. The monoisotopic (exact) mass is 314 g/mol. The summed E-state index contributed by atoms with van der Waals surface area (Å²) in [6, 6.07) is 7.25. The Bertz CT molecular complexity index is 735. The van der Waals surface area contributed by atoms with Gasteiger partial charge in [-0.3, -0.25) is 14.2 Å². The fourth-order valence-electron chi connectivity index (χ4n) is 2.93. The van der Waals surface area contributed by atoms with E-state index in [0.29, 0.717) is 36.3 Å². The Balaban J connectivity index is 1.54. The van der Waals surface area contributed by atoms with Gasteiger partial charge in [-0.2, -0.15) is 0 Å². The van der Waals surface area contributed by atoms with E-state index in [1.54, 1.807) is 6.07 Å². The Morgan fingerprint density at radius 1 is 1.39 bits per heavy atom. The number of aryl methyl sites for hydroxylation is 1. The van der Waals surface area contributed by atoms with Gasteiger partial charge in [-0.1, -0.05) is 12.1 Å². The van der Waals surface area contributed by atoms with Crippen LogP contribution in [0, 0.1) is 5.92 Å². The number of fused-ring (bicyclic) bond motifs is 1. The number of hydrogen-bond acceptors (Lipinski definition) is 4. The Kier molecular flexibility index (Phi) is 5.02. The van der Waals surface area contributed by atoms with Crippen molar-refractivity contribution in [2.75, 3.05) is 19.6 Å². The lowest BCUT2D eigenvalue weighted by atomic mass is 10.00. The molecule has 0 bridgehead atoms. The van der Waals surface area contributed by atoms with Crippen molar-refractivity contribution in [1.82, 2.24) is 20.2 Å². The summed E-state index contributed by atoms with van der Waals surface area (Å²) in [6.07, 6.45) is 4.13. The van der Waals surface area contributed by atoms with E-state index in [1.807, 2.05) is 18.2 Å². The second-order valence-electron chi connectivity index (χ2n) is 6.03. The van der Waals surface area contributed by atoms with Crippen LogP contribution in [0.25, 0.3) is 10.9 Å². The van der Waals surface area contributed by atoms with Crippen molar-refractivity contribution in [3.63, 3.8) is 0 Å². The van der Waals surface area contributed by atoms with Crippen molar-refractivity contribution in [3.05, 3.63) is 40.9 Å². The molecule has 1 amide bonds. The fraction of sp³-hybridized carbons (Fsp3) is 0.471. The van der Waals surface area contributed by atoms with Crippen molar-refractivity contribution in [3.8, 4) is 0 Å². The summed E-state index contributed by atoms with van der Waals surface area (Å²) in [6.45, 7) is 3.10. The first-order chi connectivity index (χ1) is 11.2. The summed E-state index contributed by atoms with van der Waals surface area (Å²) >= 11 is 0. The molecule has 23 heavy (non-hydrogen) atoms. The number of hydrogen-bond donors (Lipinski definition) is 2. The summed E-state index contributed by atoms with van der Waals surface area (Å²) in [5.41, 5.74) is 0.586. The zero-order valence-corrected chi connectivity index (χ0v) is 13.1. The van der Waals surface area contributed by atoms with Crippen LogP contribution in [0.15, 0.2) is 35.4 Å². The van der Waals surface area contributed by atoms with E-state index in [9.17, 15) is 9.59 Å². The van der Waals surface area contributed by atoms with Crippen molar-refractivity contribution in [1.29, 1.82) is 0 Å². The molecular weight excluding hydrogens is 292 g/mol. The molecule has 1 saturated heterocycles. The SMILES string of the molecule is O=C(CCn1cnc2ccccc2c1=O)NCC1CCCNC1. The van der Waals surface area contributed by atoms with Gasteiger partial charge in [0, 0.05) is 19.5 Å². The molecule has 2 N–H and O–H groups in total. The molecule has 122 valence electrons. The second-order valence-corrected chi connectivity index (χ2v) is 6.03. The van der Waals surface area contributed by atoms with Gasteiger partial charge in [0.15, 0.2) is 0 Å². The first-order valence-corrected chi connectivity index (χ1v) is 8.15. The highest BCUT2D eigenvalue weighted by molar-refractivity contribution is 5.77. The van der Waals surface area contributed by atoms with Crippen LogP contribution in [0.1, 0.15) is 19.3 Å². The summed E-state index contributed by atoms with van der Waals surface area (Å²) in [5.74, 6) is 0.494. The zero-order valence-electron chi connectivity index (χ0n) is 13.1. The zero-order chi connectivity index (χ0) is 16.1. The Morgan fingerprint density at radius 2 is 2.26 bits per heavy atom. The molecule has 1 aliphatic heterocycles. The number of aromatic nitrogens is 2. The molecular formula is C17H22N4O2. The summed E-state index contributed by atoms with van der Waals surface area (Å²) in [7, 11) is 0. The average Bonchev–Trinajstić information content (AvgIpc) is 2.60. The van der Waals surface area contributed by atoms with E-state index in [4.69, 9.17) is 0 Å². The number of carbonyl (C=O) groups excluding carboxylic acids is 1. The van der Waals surface area contributed by atoms with E-state index in [-0.39, 0.29) is 11.5 Å². The smallest absolute Gasteiger partial charge is 0.261 e. The van der Waals surface area contributed by atoms with E-state index >= 15 is 0 Å². The van der Waals surface area contributed by atoms with Gasteiger partial charge >= 0.3 is 0 Å². The summed E-state index contributed by atoms with van der Waals surface area (Å²) in [5, 5.41) is 6.89. The van der Waals surface area contributed by atoms with Crippen LogP contribution < -0.4 is 16.2 Å². The van der Waals surface area contributed by atoms with Crippen LogP contribution in [0.3, 0.4) is 0 Å². The molecule has 0 radical (unpaired) electrons. The highest BCUT2D eigenvalue weighted by Gasteiger charge is 2.14.